The van der Waals surface area contributed by atoms with Gasteiger partial charge in [-0.05, 0) is 0 Å². The van der Waals surface area contributed by atoms with Gasteiger partial charge in [-0.25, -0.2) is 0 Å². The summed E-state index contributed by atoms with van der Waals surface area (Å²) in [6, 6.07) is 0. The van der Waals surface area contributed by atoms with Crippen LogP contribution in [-0.4, -0.2) is 19.6 Å². The normalized spacial score (nSPS) is 8.55. The number of carbonyl (C=O) groups excluding carboxylic acids is 2. The summed E-state index contributed by atoms with van der Waals surface area (Å²) in [6.07, 6.45) is 0.767. The molecule has 0 rings (SSSR count). The summed E-state index contributed by atoms with van der Waals surface area (Å²) in [5.74, 6) is -0.362. The van der Waals surface area contributed by atoms with E-state index in [0.29, 0.717) is 12.7 Å². The molecule has 0 aliphatic carbocycles. The molecule has 5 heteroatoms. The second-order valence-electron chi connectivity index (χ2n) is 1.91. The van der Waals surface area contributed by atoms with Gasteiger partial charge in [-0.3, -0.25) is 9.59 Å². The Morgan fingerprint density at radius 3 is 2.55 bits per heavy atom. The lowest BCUT2D eigenvalue weighted by Crippen LogP contribution is -2.24. The van der Waals surface area contributed by atoms with Crippen molar-refractivity contribution in [2.75, 3.05) is 0 Å². The summed E-state index contributed by atoms with van der Waals surface area (Å²) in [6.45, 7) is 3.71. The van der Waals surface area contributed by atoms with Gasteiger partial charge < -0.3 is 9.31 Å². The standard InChI is InChI=1S/C6H11BO4/c1-3-6(9)11-7(4-2)10-5-8/h5H,3-4H2,1-2H3. The summed E-state index contributed by atoms with van der Waals surface area (Å²) in [5, 5.41) is 0. The molecule has 0 aliphatic rings. The Bertz CT molecular complexity index is 137. The van der Waals surface area contributed by atoms with Crippen molar-refractivity contribution in [1.29, 1.82) is 0 Å². The second kappa shape index (κ2) is 5.76. The highest BCUT2D eigenvalue weighted by molar-refractivity contribution is 6.48. The molecule has 62 valence electrons. The summed E-state index contributed by atoms with van der Waals surface area (Å²) >= 11 is 0. The summed E-state index contributed by atoms with van der Waals surface area (Å²) < 4.78 is 9.14. The molecule has 0 atom stereocenters. The zero-order chi connectivity index (χ0) is 8.69. The Morgan fingerprint density at radius 1 is 1.55 bits per heavy atom. The van der Waals surface area contributed by atoms with Gasteiger partial charge in [0.1, 0.15) is 0 Å². The highest BCUT2D eigenvalue weighted by Crippen LogP contribution is 1.96. The van der Waals surface area contributed by atoms with Gasteiger partial charge in [0.05, 0.1) is 0 Å². The Balaban J connectivity index is 3.67. The first kappa shape index (κ1) is 10.0. The third-order valence-electron chi connectivity index (χ3n) is 1.09. The topological polar surface area (TPSA) is 52.6 Å². The predicted octanol–water partition coefficient (Wildman–Crippen LogP) is 0.621. The average molecular weight is 158 g/mol. The van der Waals surface area contributed by atoms with E-state index in [1.807, 2.05) is 0 Å². The summed E-state index contributed by atoms with van der Waals surface area (Å²) in [5.41, 5.74) is 0. The van der Waals surface area contributed by atoms with E-state index < -0.39 is 7.12 Å². The minimum Gasteiger partial charge on any atom is -0.501 e. The van der Waals surface area contributed by atoms with Crippen molar-refractivity contribution in [2.45, 2.75) is 26.6 Å². The Labute approximate surface area is 66.0 Å². The van der Waals surface area contributed by atoms with Crippen LogP contribution < -0.4 is 0 Å². The van der Waals surface area contributed by atoms with E-state index >= 15 is 0 Å². The first-order chi connectivity index (χ1) is 5.24. The zero-order valence-electron chi connectivity index (χ0n) is 6.70. The fourth-order valence-electron chi connectivity index (χ4n) is 0.499. The second-order valence-corrected chi connectivity index (χ2v) is 1.91. The molecule has 0 amide bonds. The minimum absolute atomic E-state index is 0.275. The Hall–Kier alpha value is -0.995. The molecule has 0 radical (unpaired) electrons. The molecule has 4 nitrogen and oxygen atoms in total. The van der Waals surface area contributed by atoms with Crippen LogP contribution in [0.3, 0.4) is 0 Å². The molecule has 0 aromatic rings. The van der Waals surface area contributed by atoms with Gasteiger partial charge in [-0.2, -0.15) is 0 Å². The Kier molecular flexibility index (Phi) is 5.24. The van der Waals surface area contributed by atoms with Gasteiger partial charge in [-0.15, -0.1) is 0 Å². The molecule has 0 aliphatic heterocycles. The number of carbonyl (C=O) groups is 2. The van der Waals surface area contributed by atoms with Gasteiger partial charge >= 0.3 is 7.12 Å². The van der Waals surface area contributed by atoms with Gasteiger partial charge in [0.25, 0.3) is 12.4 Å². The quantitative estimate of drug-likeness (QED) is 0.434. The fourth-order valence-corrected chi connectivity index (χ4v) is 0.499. The first-order valence-electron chi connectivity index (χ1n) is 3.53. The van der Waals surface area contributed by atoms with E-state index in [4.69, 9.17) is 4.65 Å². The maximum atomic E-state index is 10.6. The van der Waals surface area contributed by atoms with Crippen LogP contribution in [0.4, 0.5) is 0 Å². The first-order valence-corrected chi connectivity index (χ1v) is 3.53. The maximum absolute atomic E-state index is 10.6. The predicted molar refractivity (Wildman–Crippen MR) is 39.8 cm³/mol. The highest BCUT2D eigenvalue weighted by Gasteiger charge is 2.20. The zero-order valence-corrected chi connectivity index (χ0v) is 6.70. The average Bonchev–Trinajstić information content (AvgIpc) is 2.03. The van der Waals surface area contributed by atoms with E-state index in [1.54, 1.807) is 13.8 Å². The van der Waals surface area contributed by atoms with Crippen LogP contribution in [0, 0.1) is 0 Å². The maximum Gasteiger partial charge on any atom is 0.597 e. The van der Waals surface area contributed by atoms with Crippen LogP contribution in [0.5, 0.6) is 0 Å². The fraction of sp³-hybridized carbons (Fsp3) is 0.667. The molecular weight excluding hydrogens is 147 g/mol. The van der Waals surface area contributed by atoms with E-state index in [0.717, 1.165) is 0 Å². The van der Waals surface area contributed by atoms with Crippen LogP contribution in [0.15, 0.2) is 0 Å². The van der Waals surface area contributed by atoms with Crippen molar-refractivity contribution in [3.8, 4) is 0 Å². The van der Waals surface area contributed by atoms with Crippen molar-refractivity contribution in [2.24, 2.45) is 0 Å². The molecule has 0 aromatic heterocycles. The molecule has 0 N–H and O–H groups in total. The third-order valence-corrected chi connectivity index (χ3v) is 1.09. The van der Waals surface area contributed by atoms with Crippen molar-refractivity contribution >= 4 is 19.6 Å². The van der Waals surface area contributed by atoms with Crippen LogP contribution in [0.1, 0.15) is 20.3 Å². The molecule has 0 aromatic carbocycles. The largest absolute Gasteiger partial charge is 0.597 e. The molecule has 11 heavy (non-hydrogen) atoms. The van der Waals surface area contributed by atoms with Crippen molar-refractivity contribution in [3.63, 3.8) is 0 Å². The lowest BCUT2D eigenvalue weighted by atomic mass is 9.86. The van der Waals surface area contributed by atoms with Gasteiger partial charge in [0.15, 0.2) is 0 Å². The lowest BCUT2D eigenvalue weighted by molar-refractivity contribution is -0.136. The molecule has 0 spiro atoms. The highest BCUT2D eigenvalue weighted by atomic mass is 16.6. The van der Waals surface area contributed by atoms with Gasteiger partial charge in [-0.1, -0.05) is 13.8 Å². The van der Waals surface area contributed by atoms with Crippen molar-refractivity contribution < 1.29 is 18.9 Å². The number of rotatable bonds is 5. The third kappa shape index (κ3) is 4.41. The molecule has 0 bridgehead atoms. The minimum atomic E-state index is -0.722. The van der Waals surface area contributed by atoms with Gasteiger partial charge in [0, 0.05) is 12.7 Å². The summed E-state index contributed by atoms with van der Waals surface area (Å²) in [7, 11) is -0.722. The monoisotopic (exact) mass is 158 g/mol. The number of hydrogen-bond donors (Lipinski definition) is 0. The molecule has 0 saturated carbocycles. The number of hydrogen-bond acceptors (Lipinski definition) is 4. The van der Waals surface area contributed by atoms with Crippen LogP contribution >= 0.6 is 0 Å². The molecule has 0 saturated heterocycles. The van der Waals surface area contributed by atoms with Gasteiger partial charge in [0.2, 0.25) is 0 Å². The van der Waals surface area contributed by atoms with Crippen molar-refractivity contribution in [3.05, 3.63) is 0 Å². The van der Waals surface area contributed by atoms with Crippen LogP contribution in [0.2, 0.25) is 6.32 Å². The van der Waals surface area contributed by atoms with E-state index in [-0.39, 0.29) is 12.4 Å². The van der Waals surface area contributed by atoms with Crippen LogP contribution in [0.25, 0.3) is 0 Å². The van der Waals surface area contributed by atoms with Crippen LogP contribution in [-0.2, 0) is 18.9 Å². The SMILES string of the molecule is CCB(OC=O)OC(=O)CC. The smallest absolute Gasteiger partial charge is 0.501 e. The molecular formula is C6H11BO4. The Morgan fingerprint density at radius 2 is 2.18 bits per heavy atom. The molecule has 0 heterocycles. The van der Waals surface area contributed by atoms with Crippen molar-refractivity contribution in [1.82, 2.24) is 0 Å². The van der Waals surface area contributed by atoms with E-state index in [1.165, 1.54) is 0 Å². The van der Waals surface area contributed by atoms with E-state index in [2.05, 4.69) is 4.65 Å². The molecule has 0 unspecified atom stereocenters. The van der Waals surface area contributed by atoms with E-state index in [9.17, 15) is 9.59 Å². The lowest BCUT2D eigenvalue weighted by Gasteiger charge is -2.07. The molecule has 0 fully saturated rings. The summed E-state index contributed by atoms with van der Waals surface area (Å²) in [4.78, 5) is 20.5.